The van der Waals surface area contributed by atoms with Gasteiger partial charge in [-0.3, -0.25) is 0 Å². The predicted octanol–water partition coefficient (Wildman–Crippen LogP) is 8.64. The summed E-state index contributed by atoms with van der Waals surface area (Å²) >= 11 is 0. The minimum Gasteiger partial charge on any atom is -0.0888 e. The SMILES string of the molecule is CC/C=C/CCCCCCCCCCCCc1cccc2ccccc12. The standard InChI is InChI=1S/C26H38/c1-2-3-4-5-6-7-8-9-10-11-12-13-14-15-19-24-21-18-22-25-20-16-17-23-26(24)25/h3-4,16-18,20-23H,2,5-15,19H2,1H3/b4-3+. The molecule has 0 atom stereocenters. The van der Waals surface area contributed by atoms with Gasteiger partial charge >= 0.3 is 0 Å². The summed E-state index contributed by atoms with van der Waals surface area (Å²) in [5.41, 5.74) is 1.52. The van der Waals surface area contributed by atoms with Crippen molar-refractivity contribution < 1.29 is 0 Å². The number of hydrogen-bond acceptors (Lipinski definition) is 0. The Morgan fingerprint density at radius 2 is 1.23 bits per heavy atom. The average Bonchev–Trinajstić information content (AvgIpc) is 2.68. The largest absolute Gasteiger partial charge is 0.0888 e. The first kappa shape index (κ1) is 20.7. The molecule has 0 amide bonds. The van der Waals surface area contributed by atoms with Gasteiger partial charge in [0.25, 0.3) is 0 Å². The summed E-state index contributed by atoms with van der Waals surface area (Å²) in [5.74, 6) is 0. The van der Waals surface area contributed by atoms with Gasteiger partial charge in [-0.1, -0.05) is 113 Å². The van der Waals surface area contributed by atoms with Gasteiger partial charge in [0.05, 0.1) is 0 Å². The molecule has 0 aliphatic rings. The van der Waals surface area contributed by atoms with Crippen molar-refractivity contribution in [3.8, 4) is 0 Å². The smallest absolute Gasteiger partial charge is 0.0152 e. The Hall–Kier alpha value is -1.56. The fourth-order valence-corrected chi connectivity index (χ4v) is 3.79. The lowest BCUT2D eigenvalue weighted by molar-refractivity contribution is 0.552. The van der Waals surface area contributed by atoms with Gasteiger partial charge in [-0.2, -0.15) is 0 Å². The van der Waals surface area contributed by atoms with Crippen molar-refractivity contribution in [2.45, 2.75) is 90.4 Å². The van der Waals surface area contributed by atoms with E-state index in [0.29, 0.717) is 0 Å². The number of unbranched alkanes of at least 4 members (excludes halogenated alkanes) is 10. The maximum Gasteiger partial charge on any atom is -0.0152 e. The van der Waals surface area contributed by atoms with Crippen LogP contribution in [0, 0.1) is 0 Å². The second-order valence-corrected chi connectivity index (χ2v) is 7.59. The summed E-state index contributed by atoms with van der Waals surface area (Å²) in [5, 5.41) is 2.83. The number of rotatable bonds is 14. The van der Waals surface area contributed by atoms with Crippen molar-refractivity contribution in [2.24, 2.45) is 0 Å². The van der Waals surface area contributed by atoms with E-state index in [1.165, 1.54) is 99.8 Å². The van der Waals surface area contributed by atoms with Crippen LogP contribution in [0.25, 0.3) is 10.8 Å². The van der Waals surface area contributed by atoms with E-state index in [4.69, 9.17) is 0 Å². The Morgan fingerprint density at radius 3 is 1.96 bits per heavy atom. The van der Waals surface area contributed by atoms with Gasteiger partial charge in [0.1, 0.15) is 0 Å². The monoisotopic (exact) mass is 350 g/mol. The quantitative estimate of drug-likeness (QED) is 0.236. The zero-order chi connectivity index (χ0) is 18.3. The highest BCUT2D eigenvalue weighted by Crippen LogP contribution is 2.21. The summed E-state index contributed by atoms with van der Waals surface area (Å²) in [6, 6.07) is 15.5. The van der Waals surface area contributed by atoms with Gasteiger partial charge in [0, 0.05) is 0 Å². The van der Waals surface area contributed by atoms with Crippen LogP contribution < -0.4 is 0 Å². The highest BCUT2D eigenvalue weighted by molar-refractivity contribution is 5.85. The third kappa shape index (κ3) is 8.21. The van der Waals surface area contributed by atoms with Crippen molar-refractivity contribution in [2.75, 3.05) is 0 Å². The zero-order valence-electron chi connectivity index (χ0n) is 16.9. The molecule has 0 fully saturated rings. The summed E-state index contributed by atoms with van der Waals surface area (Å²) in [6.07, 6.45) is 22.4. The van der Waals surface area contributed by atoms with E-state index in [2.05, 4.69) is 61.5 Å². The molecule has 0 aliphatic heterocycles. The van der Waals surface area contributed by atoms with Gasteiger partial charge < -0.3 is 0 Å². The minimum atomic E-state index is 1.18. The van der Waals surface area contributed by atoms with Crippen molar-refractivity contribution in [3.05, 3.63) is 60.2 Å². The van der Waals surface area contributed by atoms with Crippen LogP contribution in [-0.2, 0) is 6.42 Å². The molecule has 0 saturated heterocycles. The van der Waals surface area contributed by atoms with E-state index in [9.17, 15) is 0 Å². The summed E-state index contributed by atoms with van der Waals surface area (Å²) < 4.78 is 0. The van der Waals surface area contributed by atoms with Crippen molar-refractivity contribution in [1.29, 1.82) is 0 Å². The molecule has 26 heavy (non-hydrogen) atoms. The maximum atomic E-state index is 2.35. The number of hydrogen-bond donors (Lipinski definition) is 0. The maximum absolute atomic E-state index is 2.35. The lowest BCUT2D eigenvalue weighted by Gasteiger charge is -2.06. The number of benzene rings is 2. The molecule has 0 heterocycles. The zero-order valence-corrected chi connectivity index (χ0v) is 16.9. The Balaban J connectivity index is 1.44. The van der Waals surface area contributed by atoms with Gasteiger partial charge in [0.15, 0.2) is 0 Å². The van der Waals surface area contributed by atoms with Gasteiger partial charge in [-0.15, -0.1) is 0 Å². The first-order chi connectivity index (χ1) is 12.9. The summed E-state index contributed by atoms with van der Waals surface area (Å²) in [7, 11) is 0. The summed E-state index contributed by atoms with van der Waals surface area (Å²) in [4.78, 5) is 0. The molecule has 0 radical (unpaired) electrons. The highest BCUT2D eigenvalue weighted by Gasteiger charge is 2.00. The molecular formula is C26H38. The number of allylic oxidation sites excluding steroid dienone is 2. The van der Waals surface area contributed by atoms with E-state index in [1.807, 2.05) is 0 Å². The molecule has 2 rings (SSSR count). The molecule has 142 valence electrons. The third-order valence-corrected chi connectivity index (χ3v) is 5.35. The van der Waals surface area contributed by atoms with Crippen molar-refractivity contribution >= 4 is 10.8 Å². The normalized spacial score (nSPS) is 11.6. The van der Waals surface area contributed by atoms with Crippen LogP contribution in [0.5, 0.6) is 0 Å². The van der Waals surface area contributed by atoms with Crippen LogP contribution in [0.1, 0.15) is 89.5 Å². The van der Waals surface area contributed by atoms with Crippen LogP contribution in [0.3, 0.4) is 0 Å². The van der Waals surface area contributed by atoms with E-state index < -0.39 is 0 Å². The molecule has 0 nitrogen and oxygen atoms in total. The number of aryl methyl sites for hydroxylation is 1. The molecule has 2 aromatic rings. The highest BCUT2D eigenvalue weighted by atomic mass is 14.1. The first-order valence-electron chi connectivity index (χ1n) is 11.0. The lowest BCUT2D eigenvalue weighted by Crippen LogP contribution is -1.88. The molecule has 0 saturated carbocycles. The van der Waals surface area contributed by atoms with Crippen LogP contribution in [-0.4, -0.2) is 0 Å². The molecule has 0 spiro atoms. The van der Waals surface area contributed by atoms with Crippen molar-refractivity contribution in [3.63, 3.8) is 0 Å². The Morgan fingerprint density at radius 1 is 0.615 bits per heavy atom. The van der Waals surface area contributed by atoms with E-state index in [1.54, 1.807) is 0 Å². The molecule has 0 aromatic heterocycles. The Kier molecular flexibility index (Phi) is 10.9. The van der Waals surface area contributed by atoms with Gasteiger partial charge in [-0.05, 0) is 48.4 Å². The first-order valence-corrected chi connectivity index (χ1v) is 11.0. The second kappa shape index (κ2) is 13.6. The predicted molar refractivity (Wildman–Crippen MR) is 118 cm³/mol. The molecule has 0 N–H and O–H groups in total. The van der Waals surface area contributed by atoms with E-state index in [-0.39, 0.29) is 0 Å². The molecular weight excluding hydrogens is 312 g/mol. The fourth-order valence-electron chi connectivity index (χ4n) is 3.79. The Bertz CT molecular complexity index is 617. The van der Waals surface area contributed by atoms with Gasteiger partial charge in [-0.25, -0.2) is 0 Å². The van der Waals surface area contributed by atoms with Crippen LogP contribution >= 0.6 is 0 Å². The van der Waals surface area contributed by atoms with Crippen LogP contribution in [0.2, 0.25) is 0 Å². The summed E-state index contributed by atoms with van der Waals surface area (Å²) in [6.45, 7) is 2.21. The molecule has 2 aromatic carbocycles. The molecule has 0 bridgehead atoms. The Labute approximate surface area is 161 Å². The van der Waals surface area contributed by atoms with Crippen molar-refractivity contribution in [1.82, 2.24) is 0 Å². The topological polar surface area (TPSA) is 0 Å². The van der Waals surface area contributed by atoms with Crippen LogP contribution in [0.15, 0.2) is 54.6 Å². The fraction of sp³-hybridized carbons (Fsp3) is 0.538. The number of fused-ring (bicyclic) bond motifs is 1. The van der Waals surface area contributed by atoms with E-state index >= 15 is 0 Å². The van der Waals surface area contributed by atoms with Gasteiger partial charge in [0.2, 0.25) is 0 Å². The minimum absolute atomic E-state index is 1.18. The van der Waals surface area contributed by atoms with Crippen LogP contribution in [0.4, 0.5) is 0 Å². The average molecular weight is 351 g/mol. The third-order valence-electron chi connectivity index (χ3n) is 5.35. The lowest BCUT2D eigenvalue weighted by atomic mass is 9.99. The molecule has 0 unspecified atom stereocenters. The van der Waals surface area contributed by atoms with E-state index in [0.717, 1.165) is 0 Å². The molecule has 0 aliphatic carbocycles. The molecule has 0 heteroatoms. The second-order valence-electron chi connectivity index (χ2n) is 7.59.